The standard InChI is InChI=1S/C19H29N3O3/c1-4-25-17-8-6-5-7-14(17)19(24)21-16-12-22(10-9-18(20)23)11-15(16)13(2)3/h5-8,13,15-16H,4,9-12H2,1-3H3,(H2,20,23)(H,21,24)/t15-,16+/m1/s1. The lowest BCUT2D eigenvalue weighted by Gasteiger charge is -2.23. The average Bonchev–Trinajstić information content (AvgIpc) is 2.97. The predicted molar refractivity (Wildman–Crippen MR) is 97.4 cm³/mol. The summed E-state index contributed by atoms with van der Waals surface area (Å²) >= 11 is 0. The second-order valence-corrected chi connectivity index (χ2v) is 6.89. The van der Waals surface area contributed by atoms with Crippen LogP contribution >= 0.6 is 0 Å². The minimum Gasteiger partial charge on any atom is -0.493 e. The van der Waals surface area contributed by atoms with Crippen molar-refractivity contribution in [2.45, 2.75) is 33.2 Å². The van der Waals surface area contributed by atoms with E-state index in [9.17, 15) is 9.59 Å². The zero-order valence-corrected chi connectivity index (χ0v) is 15.3. The third kappa shape index (κ3) is 5.19. The van der Waals surface area contributed by atoms with Gasteiger partial charge in [0.2, 0.25) is 5.91 Å². The van der Waals surface area contributed by atoms with Crippen LogP contribution in [0.25, 0.3) is 0 Å². The van der Waals surface area contributed by atoms with Gasteiger partial charge in [-0.2, -0.15) is 0 Å². The fraction of sp³-hybridized carbons (Fsp3) is 0.579. The number of likely N-dealkylation sites (tertiary alicyclic amines) is 1. The maximum atomic E-state index is 12.8. The van der Waals surface area contributed by atoms with Crippen LogP contribution in [0.4, 0.5) is 0 Å². The molecule has 25 heavy (non-hydrogen) atoms. The minimum atomic E-state index is -0.292. The van der Waals surface area contributed by atoms with Crippen LogP contribution in [0.3, 0.4) is 0 Å². The average molecular weight is 347 g/mol. The first kappa shape index (κ1) is 19.2. The number of nitrogens with one attached hydrogen (secondary N) is 1. The maximum absolute atomic E-state index is 12.8. The molecule has 1 aliphatic heterocycles. The summed E-state index contributed by atoms with van der Waals surface area (Å²) in [7, 11) is 0. The molecular formula is C19H29N3O3. The minimum absolute atomic E-state index is 0.0510. The van der Waals surface area contributed by atoms with E-state index in [1.54, 1.807) is 6.07 Å². The van der Waals surface area contributed by atoms with Crippen molar-refractivity contribution in [3.8, 4) is 5.75 Å². The molecule has 1 fully saturated rings. The number of carbonyl (C=O) groups excluding carboxylic acids is 2. The van der Waals surface area contributed by atoms with Gasteiger partial charge in [0.1, 0.15) is 5.75 Å². The molecule has 6 heteroatoms. The van der Waals surface area contributed by atoms with Gasteiger partial charge in [0.15, 0.2) is 0 Å². The van der Waals surface area contributed by atoms with Crippen LogP contribution in [-0.2, 0) is 4.79 Å². The molecular weight excluding hydrogens is 318 g/mol. The fourth-order valence-electron chi connectivity index (χ4n) is 3.37. The monoisotopic (exact) mass is 347 g/mol. The summed E-state index contributed by atoms with van der Waals surface area (Å²) in [4.78, 5) is 26.0. The summed E-state index contributed by atoms with van der Waals surface area (Å²) in [5, 5.41) is 3.17. The van der Waals surface area contributed by atoms with E-state index in [-0.39, 0.29) is 17.9 Å². The Hall–Kier alpha value is -2.08. The maximum Gasteiger partial charge on any atom is 0.255 e. The number of amides is 2. The van der Waals surface area contributed by atoms with E-state index in [2.05, 4.69) is 24.1 Å². The normalized spacial score (nSPS) is 20.6. The molecule has 0 spiro atoms. The molecule has 0 radical (unpaired) electrons. The SMILES string of the molecule is CCOc1ccccc1C(=O)N[C@H]1CN(CCC(N)=O)C[C@@H]1C(C)C. The summed E-state index contributed by atoms with van der Waals surface area (Å²) in [5.41, 5.74) is 5.81. The second-order valence-electron chi connectivity index (χ2n) is 6.89. The molecule has 138 valence electrons. The quantitative estimate of drug-likeness (QED) is 0.749. The first-order chi connectivity index (χ1) is 11.9. The van der Waals surface area contributed by atoms with Crippen LogP contribution in [0.2, 0.25) is 0 Å². The first-order valence-electron chi connectivity index (χ1n) is 8.95. The number of nitrogens with two attached hydrogens (primary N) is 1. The third-order valence-electron chi connectivity index (χ3n) is 4.72. The molecule has 0 saturated carbocycles. The molecule has 2 amide bonds. The van der Waals surface area contributed by atoms with Gasteiger partial charge < -0.3 is 20.7 Å². The number of carbonyl (C=O) groups is 2. The van der Waals surface area contributed by atoms with Gasteiger partial charge in [-0.05, 0) is 30.9 Å². The predicted octanol–water partition coefficient (Wildman–Crippen LogP) is 1.65. The van der Waals surface area contributed by atoms with Crippen molar-refractivity contribution in [3.63, 3.8) is 0 Å². The van der Waals surface area contributed by atoms with Gasteiger partial charge >= 0.3 is 0 Å². The van der Waals surface area contributed by atoms with Crippen LogP contribution in [0.5, 0.6) is 5.75 Å². The van der Waals surface area contributed by atoms with Crippen molar-refractivity contribution in [1.29, 1.82) is 0 Å². The van der Waals surface area contributed by atoms with Crippen molar-refractivity contribution in [3.05, 3.63) is 29.8 Å². The van der Waals surface area contributed by atoms with Gasteiger partial charge in [-0.25, -0.2) is 0 Å². The molecule has 1 aromatic carbocycles. The Labute approximate surface area is 149 Å². The Morgan fingerprint density at radius 3 is 2.68 bits per heavy atom. The molecule has 2 atom stereocenters. The summed E-state index contributed by atoms with van der Waals surface area (Å²) in [5.74, 6) is 0.977. The van der Waals surface area contributed by atoms with Gasteiger partial charge in [-0.15, -0.1) is 0 Å². The number of hydrogen-bond acceptors (Lipinski definition) is 4. The Morgan fingerprint density at radius 1 is 1.32 bits per heavy atom. The largest absolute Gasteiger partial charge is 0.493 e. The molecule has 3 N–H and O–H groups in total. The summed E-state index contributed by atoms with van der Waals surface area (Å²) in [6.45, 7) is 8.98. The lowest BCUT2D eigenvalue weighted by molar-refractivity contribution is -0.118. The number of para-hydroxylation sites is 1. The Balaban J connectivity index is 2.06. The second kappa shape index (κ2) is 8.85. The zero-order valence-electron chi connectivity index (χ0n) is 15.3. The highest BCUT2D eigenvalue weighted by atomic mass is 16.5. The molecule has 0 aliphatic carbocycles. The van der Waals surface area contributed by atoms with Crippen molar-refractivity contribution in [1.82, 2.24) is 10.2 Å². The Kier molecular flexibility index (Phi) is 6.82. The molecule has 1 heterocycles. The zero-order chi connectivity index (χ0) is 18.4. The van der Waals surface area contributed by atoms with Gasteiger partial charge in [0.05, 0.1) is 12.2 Å². The molecule has 1 saturated heterocycles. The highest BCUT2D eigenvalue weighted by Gasteiger charge is 2.35. The van der Waals surface area contributed by atoms with E-state index < -0.39 is 0 Å². The van der Waals surface area contributed by atoms with Crippen LogP contribution in [0.15, 0.2) is 24.3 Å². The molecule has 0 aromatic heterocycles. The third-order valence-corrected chi connectivity index (χ3v) is 4.72. The van der Waals surface area contributed by atoms with Gasteiger partial charge in [0, 0.05) is 32.1 Å². The smallest absolute Gasteiger partial charge is 0.255 e. The number of rotatable bonds is 8. The summed E-state index contributed by atoms with van der Waals surface area (Å²) in [6.07, 6.45) is 0.346. The van der Waals surface area contributed by atoms with Crippen LogP contribution < -0.4 is 15.8 Å². The lowest BCUT2D eigenvalue weighted by atomic mass is 9.91. The van der Waals surface area contributed by atoms with E-state index in [1.165, 1.54) is 0 Å². The molecule has 0 unspecified atom stereocenters. The molecule has 1 aromatic rings. The fourth-order valence-corrected chi connectivity index (χ4v) is 3.37. The topological polar surface area (TPSA) is 84.7 Å². The number of ether oxygens (including phenoxy) is 1. The molecule has 6 nitrogen and oxygen atoms in total. The molecule has 1 aliphatic rings. The van der Waals surface area contributed by atoms with Crippen LogP contribution in [0.1, 0.15) is 37.6 Å². The Bertz CT molecular complexity index is 603. The van der Waals surface area contributed by atoms with E-state index in [0.717, 1.165) is 13.1 Å². The van der Waals surface area contributed by atoms with E-state index >= 15 is 0 Å². The lowest BCUT2D eigenvalue weighted by Crippen LogP contribution is -2.42. The Morgan fingerprint density at radius 2 is 2.04 bits per heavy atom. The van der Waals surface area contributed by atoms with Gasteiger partial charge in [0.25, 0.3) is 5.91 Å². The van der Waals surface area contributed by atoms with Crippen molar-refractivity contribution >= 4 is 11.8 Å². The van der Waals surface area contributed by atoms with Gasteiger partial charge in [-0.1, -0.05) is 26.0 Å². The van der Waals surface area contributed by atoms with Crippen molar-refractivity contribution in [2.24, 2.45) is 17.6 Å². The van der Waals surface area contributed by atoms with E-state index in [1.807, 2.05) is 25.1 Å². The number of primary amides is 1. The number of nitrogens with zero attached hydrogens (tertiary/aromatic N) is 1. The van der Waals surface area contributed by atoms with Crippen molar-refractivity contribution in [2.75, 3.05) is 26.2 Å². The molecule has 0 bridgehead atoms. The molecule has 2 rings (SSSR count). The number of benzene rings is 1. The first-order valence-corrected chi connectivity index (χ1v) is 8.95. The van der Waals surface area contributed by atoms with Crippen LogP contribution in [-0.4, -0.2) is 49.0 Å². The van der Waals surface area contributed by atoms with Crippen molar-refractivity contribution < 1.29 is 14.3 Å². The summed E-state index contributed by atoms with van der Waals surface area (Å²) in [6, 6.07) is 7.34. The van der Waals surface area contributed by atoms with Crippen LogP contribution in [0, 0.1) is 11.8 Å². The number of hydrogen-bond donors (Lipinski definition) is 2. The van der Waals surface area contributed by atoms with E-state index in [0.29, 0.717) is 42.7 Å². The summed E-state index contributed by atoms with van der Waals surface area (Å²) < 4.78 is 5.56. The van der Waals surface area contributed by atoms with E-state index in [4.69, 9.17) is 10.5 Å². The highest BCUT2D eigenvalue weighted by Crippen LogP contribution is 2.26. The van der Waals surface area contributed by atoms with Gasteiger partial charge in [-0.3, -0.25) is 9.59 Å². The highest BCUT2D eigenvalue weighted by molar-refractivity contribution is 5.97.